The minimum absolute atomic E-state index is 0.923. The molecule has 1 rings (SSSR count). The molecule has 2 heteroatoms. The van der Waals surface area contributed by atoms with E-state index in [1.165, 1.54) is 31.3 Å². The zero-order valence-corrected chi connectivity index (χ0v) is 9.39. The molecule has 0 N–H and O–H groups in total. The zero-order valence-electron chi connectivity index (χ0n) is 7.80. The van der Waals surface area contributed by atoms with Crippen molar-refractivity contribution in [3.8, 4) is 0 Å². The third-order valence-electron chi connectivity index (χ3n) is 2.52. The summed E-state index contributed by atoms with van der Waals surface area (Å²) in [6.07, 6.45) is 7.11. The molecule has 1 nitrogen and oxygen atoms in total. The highest BCUT2D eigenvalue weighted by atomic mass is 79.9. The fourth-order valence-corrected chi connectivity index (χ4v) is 2.23. The van der Waals surface area contributed by atoms with Crippen LogP contribution in [0.3, 0.4) is 0 Å². The minimum atomic E-state index is 0.923. The van der Waals surface area contributed by atoms with E-state index in [2.05, 4.69) is 39.9 Å². The monoisotopic (exact) mass is 231 g/mol. The van der Waals surface area contributed by atoms with E-state index in [9.17, 15) is 0 Å². The van der Waals surface area contributed by atoms with E-state index in [-0.39, 0.29) is 0 Å². The molecule has 12 heavy (non-hydrogen) atoms. The SMILES string of the molecule is C/C=C/CN1CCC(CBr)CC1. The van der Waals surface area contributed by atoms with Crippen molar-refractivity contribution in [3.63, 3.8) is 0 Å². The lowest BCUT2D eigenvalue weighted by Crippen LogP contribution is -2.34. The first-order valence-electron chi connectivity index (χ1n) is 4.76. The minimum Gasteiger partial charge on any atom is -0.300 e. The van der Waals surface area contributed by atoms with E-state index in [0.29, 0.717) is 0 Å². The average molecular weight is 232 g/mol. The summed E-state index contributed by atoms with van der Waals surface area (Å²) in [6, 6.07) is 0. The van der Waals surface area contributed by atoms with E-state index < -0.39 is 0 Å². The molecule has 1 aliphatic heterocycles. The maximum atomic E-state index is 3.55. The molecule has 0 spiro atoms. The molecule has 1 saturated heterocycles. The van der Waals surface area contributed by atoms with Crippen molar-refractivity contribution >= 4 is 15.9 Å². The van der Waals surface area contributed by atoms with Crippen molar-refractivity contribution in [2.45, 2.75) is 19.8 Å². The highest BCUT2D eigenvalue weighted by Crippen LogP contribution is 2.18. The third-order valence-corrected chi connectivity index (χ3v) is 3.44. The molecular weight excluding hydrogens is 214 g/mol. The van der Waals surface area contributed by atoms with Crippen LogP contribution in [0.2, 0.25) is 0 Å². The first-order valence-corrected chi connectivity index (χ1v) is 5.88. The number of likely N-dealkylation sites (tertiary alicyclic amines) is 1. The second-order valence-electron chi connectivity index (χ2n) is 3.47. The van der Waals surface area contributed by atoms with Crippen LogP contribution in [0.5, 0.6) is 0 Å². The van der Waals surface area contributed by atoms with E-state index in [4.69, 9.17) is 0 Å². The maximum Gasteiger partial charge on any atom is 0.0163 e. The molecule has 1 fully saturated rings. The van der Waals surface area contributed by atoms with Gasteiger partial charge in [0.2, 0.25) is 0 Å². The Balaban J connectivity index is 2.17. The van der Waals surface area contributed by atoms with Crippen LogP contribution in [0.1, 0.15) is 19.8 Å². The Labute approximate surface area is 84.0 Å². The van der Waals surface area contributed by atoms with Crippen LogP contribution >= 0.6 is 15.9 Å². The van der Waals surface area contributed by atoms with Gasteiger partial charge in [0.1, 0.15) is 0 Å². The second-order valence-corrected chi connectivity index (χ2v) is 4.11. The molecule has 1 heterocycles. The normalized spacial score (nSPS) is 22.2. The molecule has 0 aromatic carbocycles. The number of halogens is 1. The summed E-state index contributed by atoms with van der Waals surface area (Å²) in [5.74, 6) is 0.923. The van der Waals surface area contributed by atoms with Gasteiger partial charge in [-0.2, -0.15) is 0 Å². The smallest absolute Gasteiger partial charge is 0.0163 e. The third kappa shape index (κ3) is 3.28. The standard InChI is InChI=1S/C10H18BrN/c1-2-3-6-12-7-4-10(9-11)5-8-12/h2-3,10H,4-9H2,1H3/b3-2+. The first-order chi connectivity index (χ1) is 5.86. The van der Waals surface area contributed by atoms with Gasteiger partial charge in [-0.15, -0.1) is 0 Å². The van der Waals surface area contributed by atoms with Gasteiger partial charge in [-0.25, -0.2) is 0 Å². The summed E-state index contributed by atoms with van der Waals surface area (Å²) in [4.78, 5) is 2.53. The van der Waals surface area contributed by atoms with E-state index in [0.717, 1.165) is 12.5 Å². The van der Waals surface area contributed by atoms with Crippen molar-refractivity contribution in [3.05, 3.63) is 12.2 Å². The van der Waals surface area contributed by atoms with Gasteiger partial charge in [-0.3, -0.25) is 4.90 Å². The van der Waals surface area contributed by atoms with Crippen LogP contribution in [0.15, 0.2) is 12.2 Å². The maximum absolute atomic E-state index is 3.55. The molecular formula is C10H18BrN. The van der Waals surface area contributed by atoms with Crippen LogP contribution in [-0.4, -0.2) is 29.9 Å². The van der Waals surface area contributed by atoms with Gasteiger partial charge < -0.3 is 0 Å². The fraction of sp³-hybridized carbons (Fsp3) is 0.800. The summed E-state index contributed by atoms with van der Waals surface area (Å²) >= 11 is 3.55. The van der Waals surface area contributed by atoms with Crippen LogP contribution < -0.4 is 0 Å². The Hall–Kier alpha value is 0.180. The van der Waals surface area contributed by atoms with Gasteiger partial charge >= 0.3 is 0 Å². The predicted molar refractivity (Wildman–Crippen MR) is 57.8 cm³/mol. The topological polar surface area (TPSA) is 3.24 Å². The highest BCUT2D eigenvalue weighted by molar-refractivity contribution is 9.09. The highest BCUT2D eigenvalue weighted by Gasteiger charge is 2.16. The van der Waals surface area contributed by atoms with Crippen molar-refractivity contribution in [2.24, 2.45) is 5.92 Å². The van der Waals surface area contributed by atoms with Gasteiger partial charge in [-0.05, 0) is 38.8 Å². The Morgan fingerprint density at radius 1 is 1.42 bits per heavy atom. The largest absolute Gasteiger partial charge is 0.300 e. The number of rotatable bonds is 3. The fourth-order valence-electron chi connectivity index (χ4n) is 1.58. The summed E-state index contributed by atoms with van der Waals surface area (Å²) in [5.41, 5.74) is 0. The second kappa shape index (κ2) is 5.76. The van der Waals surface area contributed by atoms with Crippen molar-refractivity contribution < 1.29 is 0 Å². The lowest BCUT2D eigenvalue weighted by Gasteiger charge is -2.30. The number of hydrogen-bond acceptors (Lipinski definition) is 1. The average Bonchev–Trinajstić information content (AvgIpc) is 2.15. The summed E-state index contributed by atoms with van der Waals surface area (Å²) < 4.78 is 0. The molecule has 0 aromatic rings. The molecule has 0 atom stereocenters. The Morgan fingerprint density at radius 2 is 2.08 bits per heavy atom. The number of piperidine rings is 1. The first kappa shape index (κ1) is 10.3. The van der Waals surface area contributed by atoms with Crippen LogP contribution in [0, 0.1) is 5.92 Å². The summed E-state index contributed by atoms with van der Waals surface area (Å²) in [5, 5.41) is 1.18. The van der Waals surface area contributed by atoms with Crippen LogP contribution in [0.25, 0.3) is 0 Å². The molecule has 0 aliphatic carbocycles. The zero-order chi connectivity index (χ0) is 8.81. The number of nitrogens with zero attached hydrogens (tertiary/aromatic N) is 1. The lowest BCUT2D eigenvalue weighted by atomic mass is 9.99. The summed E-state index contributed by atoms with van der Waals surface area (Å²) in [6.45, 7) is 5.79. The van der Waals surface area contributed by atoms with Crippen molar-refractivity contribution in [1.82, 2.24) is 4.90 Å². The molecule has 0 radical (unpaired) electrons. The lowest BCUT2D eigenvalue weighted by molar-refractivity contribution is 0.213. The molecule has 1 aliphatic rings. The van der Waals surface area contributed by atoms with Crippen molar-refractivity contribution in [2.75, 3.05) is 25.0 Å². The molecule has 0 aromatic heterocycles. The quantitative estimate of drug-likeness (QED) is 0.534. The number of hydrogen-bond donors (Lipinski definition) is 0. The van der Waals surface area contributed by atoms with Gasteiger partial charge in [0, 0.05) is 11.9 Å². The number of allylic oxidation sites excluding steroid dienone is 1. The molecule has 0 unspecified atom stereocenters. The predicted octanol–water partition coefficient (Wildman–Crippen LogP) is 2.67. The van der Waals surface area contributed by atoms with E-state index in [1.807, 2.05) is 0 Å². The Kier molecular flexibility index (Phi) is 4.93. The van der Waals surface area contributed by atoms with Gasteiger partial charge in [0.15, 0.2) is 0 Å². The Bertz CT molecular complexity index is 137. The summed E-state index contributed by atoms with van der Waals surface area (Å²) in [7, 11) is 0. The molecule has 0 bridgehead atoms. The van der Waals surface area contributed by atoms with Crippen LogP contribution in [0.4, 0.5) is 0 Å². The van der Waals surface area contributed by atoms with E-state index in [1.54, 1.807) is 0 Å². The van der Waals surface area contributed by atoms with Gasteiger partial charge in [0.05, 0.1) is 0 Å². The molecule has 0 amide bonds. The Morgan fingerprint density at radius 3 is 2.58 bits per heavy atom. The molecule has 0 saturated carbocycles. The number of alkyl halides is 1. The van der Waals surface area contributed by atoms with Gasteiger partial charge in [-0.1, -0.05) is 28.1 Å². The van der Waals surface area contributed by atoms with Crippen molar-refractivity contribution in [1.29, 1.82) is 0 Å². The van der Waals surface area contributed by atoms with E-state index >= 15 is 0 Å². The van der Waals surface area contributed by atoms with Crippen LogP contribution in [-0.2, 0) is 0 Å². The molecule has 70 valence electrons. The van der Waals surface area contributed by atoms with Gasteiger partial charge in [0.25, 0.3) is 0 Å².